The summed E-state index contributed by atoms with van der Waals surface area (Å²) in [4.78, 5) is 23.1. The van der Waals surface area contributed by atoms with Crippen molar-refractivity contribution in [2.24, 2.45) is 0 Å². The molecule has 0 fully saturated rings. The van der Waals surface area contributed by atoms with Gasteiger partial charge in [-0.25, -0.2) is 0 Å². The van der Waals surface area contributed by atoms with Gasteiger partial charge in [-0.1, -0.05) is 12.1 Å². The van der Waals surface area contributed by atoms with Crippen molar-refractivity contribution in [1.29, 1.82) is 5.41 Å². The van der Waals surface area contributed by atoms with E-state index in [2.05, 4.69) is 5.32 Å². The van der Waals surface area contributed by atoms with Gasteiger partial charge < -0.3 is 10.7 Å². The molecule has 0 heterocycles. The molecule has 0 atom stereocenters. The van der Waals surface area contributed by atoms with E-state index in [9.17, 15) is 9.59 Å². The average Bonchev–Trinajstić information content (AvgIpc) is 2.30. The highest BCUT2D eigenvalue weighted by atomic mass is 16.1. The summed E-state index contributed by atoms with van der Waals surface area (Å²) in [5.74, 6) is 0.112. The van der Waals surface area contributed by atoms with Gasteiger partial charge in [0.15, 0.2) is 5.78 Å². The van der Waals surface area contributed by atoms with Gasteiger partial charge in [0.05, 0.1) is 5.54 Å². The first-order chi connectivity index (χ1) is 9.20. The van der Waals surface area contributed by atoms with Crippen molar-refractivity contribution in [2.75, 3.05) is 5.32 Å². The third-order valence-corrected chi connectivity index (χ3v) is 3.15. The fraction of sp³-hybridized carbons (Fsp3) is 0.438. The predicted octanol–water partition coefficient (Wildman–Crippen LogP) is 3.01. The Labute approximate surface area is 120 Å². The first-order valence-electron chi connectivity index (χ1n) is 6.64. The Bertz CT molecular complexity index is 516. The van der Waals surface area contributed by atoms with Gasteiger partial charge in [0.1, 0.15) is 5.78 Å². The first kappa shape index (κ1) is 16.1. The predicted molar refractivity (Wildman–Crippen MR) is 81.6 cm³/mol. The van der Waals surface area contributed by atoms with E-state index in [1.54, 1.807) is 13.8 Å². The SMILES string of the molecule is CC(=N)CC(=O)Cc1ccc(NC(C)(C)C(C)=O)cc1. The fourth-order valence-electron chi connectivity index (χ4n) is 1.74. The molecular formula is C16H22N2O2. The molecule has 1 aromatic rings. The summed E-state index contributed by atoms with van der Waals surface area (Å²) in [6.45, 7) is 6.85. The Hall–Kier alpha value is -1.97. The van der Waals surface area contributed by atoms with Crippen molar-refractivity contribution in [2.45, 2.75) is 46.1 Å². The number of Topliss-reactive ketones (excluding diaryl/α,β-unsaturated/α-hetero) is 2. The minimum Gasteiger partial charge on any atom is -0.373 e. The van der Waals surface area contributed by atoms with Crippen molar-refractivity contribution >= 4 is 23.0 Å². The number of ketones is 2. The number of anilines is 1. The Morgan fingerprint density at radius 3 is 2.15 bits per heavy atom. The quantitative estimate of drug-likeness (QED) is 0.751. The molecule has 2 N–H and O–H groups in total. The maximum absolute atomic E-state index is 11.6. The van der Waals surface area contributed by atoms with Crippen LogP contribution in [-0.2, 0) is 16.0 Å². The van der Waals surface area contributed by atoms with Crippen LogP contribution in [0.1, 0.15) is 39.7 Å². The van der Waals surface area contributed by atoms with Gasteiger partial charge in [-0.3, -0.25) is 9.59 Å². The van der Waals surface area contributed by atoms with Crippen molar-refractivity contribution in [3.8, 4) is 0 Å². The second kappa shape index (κ2) is 6.46. The molecule has 0 unspecified atom stereocenters. The Balaban J connectivity index is 2.67. The molecule has 1 aromatic carbocycles. The van der Waals surface area contributed by atoms with Crippen LogP contribution >= 0.6 is 0 Å². The number of hydrogen-bond donors (Lipinski definition) is 2. The minimum atomic E-state index is -0.603. The molecule has 1 rings (SSSR count). The van der Waals surface area contributed by atoms with E-state index in [1.165, 1.54) is 0 Å². The van der Waals surface area contributed by atoms with Crippen LogP contribution in [0.2, 0.25) is 0 Å². The van der Waals surface area contributed by atoms with E-state index >= 15 is 0 Å². The van der Waals surface area contributed by atoms with E-state index < -0.39 is 5.54 Å². The van der Waals surface area contributed by atoms with Crippen LogP contribution in [0.25, 0.3) is 0 Å². The molecule has 0 saturated heterocycles. The molecule has 0 amide bonds. The fourth-order valence-corrected chi connectivity index (χ4v) is 1.74. The molecule has 0 aliphatic rings. The topological polar surface area (TPSA) is 70.0 Å². The zero-order valence-electron chi connectivity index (χ0n) is 12.5. The molecular weight excluding hydrogens is 252 g/mol. The maximum Gasteiger partial charge on any atom is 0.154 e. The number of carbonyl (C=O) groups is 2. The van der Waals surface area contributed by atoms with Gasteiger partial charge in [-0.15, -0.1) is 0 Å². The van der Waals surface area contributed by atoms with Crippen molar-refractivity contribution in [3.63, 3.8) is 0 Å². The molecule has 0 radical (unpaired) electrons. The highest BCUT2D eigenvalue weighted by Gasteiger charge is 2.22. The molecule has 0 aliphatic carbocycles. The lowest BCUT2D eigenvalue weighted by Crippen LogP contribution is -2.38. The normalized spacial score (nSPS) is 11.0. The number of carbonyl (C=O) groups excluding carboxylic acids is 2. The monoisotopic (exact) mass is 274 g/mol. The van der Waals surface area contributed by atoms with E-state index in [1.807, 2.05) is 38.1 Å². The number of nitrogens with one attached hydrogen (secondary N) is 2. The van der Waals surface area contributed by atoms with Gasteiger partial charge in [0.2, 0.25) is 0 Å². The van der Waals surface area contributed by atoms with Crippen LogP contribution in [0.5, 0.6) is 0 Å². The second-order valence-electron chi connectivity index (χ2n) is 5.68. The van der Waals surface area contributed by atoms with Gasteiger partial charge in [0.25, 0.3) is 0 Å². The zero-order valence-corrected chi connectivity index (χ0v) is 12.5. The molecule has 0 aromatic heterocycles. The highest BCUT2D eigenvalue weighted by Crippen LogP contribution is 2.17. The molecule has 0 saturated carbocycles. The van der Waals surface area contributed by atoms with Gasteiger partial charge in [-0.2, -0.15) is 0 Å². The molecule has 0 bridgehead atoms. The lowest BCUT2D eigenvalue weighted by molar-refractivity contribution is -0.120. The lowest BCUT2D eigenvalue weighted by atomic mass is 9.99. The Kier molecular flexibility index (Phi) is 5.19. The third kappa shape index (κ3) is 4.96. The van der Waals surface area contributed by atoms with Gasteiger partial charge >= 0.3 is 0 Å². The number of hydrogen-bond acceptors (Lipinski definition) is 4. The van der Waals surface area contributed by atoms with Crippen molar-refractivity contribution in [3.05, 3.63) is 29.8 Å². The van der Waals surface area contributed by atoms with E-state index in [-0.39, 0.29) is 18.0 Å². The summed E-state index contributed by atoms with van der Waals surface area (Å²) in [6.07, 6.45) is 0.546. The van der Waals surface area contributed by atoms with Crippen molar-refractivity contribution in [1.82, 2.24) is 0 Å². The minimum absolute atomic E-state index is 0.0438. The maximum atomic E-state index is 11.6. The summed E-state index contributed by atoms with van der Waals surface area (Å²) in [7, 11) is 0. The summed E-state index contributed by atoms with van der Waals surface area (Å²) in [5, 5.41) is 10.5. The molecule has 0 spiro atoms. The van der Waals surface area contributed by atoms with E-state index in [4.69, 9.17) is 5.41 Å². The van der Waals surface area contributed by atoms with E-state index in [0.717, 1.165) is 11.3 Å². The average molecular weight is 274 g/mol. The molecule has 4 heteroatoms. The summed E-state index contributed by atoms with van der Waals surface area (Å²) >= 11 is 0. The van der Waals surface area contributed by atoms with Crippen LogP contribution in [0, 0.1) is 5.41 Å². The first-order valence-corrected chi connectivity index (χ1v) is 6.64. The van der Waals surface area contributed by atoms with Gasteiger partial charge in [0, 0.05) is 24.2 Å². The van der Waals surface area contributed by atoms with Crippen LogP contribution in [0.3, 0.4) is 0 Å². The molecule has 0 aliphatic heterocycles. The van der Waals surface area contributed by atoms with Crippen molar-refractivity contribution < 1.29 is 9.59 Å². The largest absolute Gasteiger partial charge is 0.373 e. The van der Waals surface area contributed by atoms with Crippen LogP contribution in [-0.4, -0.2) is 22.8 Å². The second-order valence-corrected chi connectivity index (χ2v) is 5.68. The number of benzene rings is 1. The molecule has 4 nitrogen and oxygen atoms in total. The highest BCUT2D eigenvalue weighted by molar-refractivity contribution is 6.00. The molecule has 108 valence electrons. The smallest absolute Gasteiger partial charge is 0.154 e. The lowest BCUT2D eigenvalue weighted by Gasteiger charge is -2.24. The van der Waals surface area contributed by atoms with Gasteiger partial charge in [-0.05, 0) is 45.4 Å². The summed E-state index contributed by atoms with van der Waals surface area (Å²) in [6, 6.07) is 7.47. The zero-order chi connectivity index (χ0) is 15.3. The van der Waals surface area contributed by atoms with Crippen LogP contribution in [0.15, 0.2) is 24.3 Å². The summed E-state index contributed by atoms with van der Waals surface area (Å²) in [5.41, 5.74) is 1.55. The van der Waals surface area contributed by atoms with E-state index in [0.29, 0.717) is 12.1 Å². The van der Waals surface area contributed by atoms with Crippen LogP contribution in [0.4, 0.5) is 5.69 Å². The molecule has 20 heavy (non-hydrogen) atoms. The number of rotatable bonds is 7. The third-order valence-electron chi connectivity index (χ3n) is 3.15. The summed E-state index contributed by atoms with van der Waals surface area (Å²) < 4.78 is 0. The Morgan fingerprint density at radius 2 is 1.70 bits per heavy atom. The standard InChI is InChI=1S/C16H22N2O2/c1-11(17)9-15(20)10-13-5-7-14(8-6-13)18-16(3,4)12(2)19/h5-8,17-18H,9-10H2,1-4H3. The van der Waals surface area contributed by atoms with Crippen LogP contribution < -0.4 is 5.32 Å². The Morgan fingerprint density at radius 1 is 1.15 bits per heavy atom.